The fourth-order valence-corrected chi connectivity index (χ4v) is 16.9. The van der Waals surface area contributed by atoms with Gasteiger partial charge in [0.05, 0.1) is 17.8 Å². The number of aryl methyl sites for hydroxylation is 1. The maximum atomic E-state index is 12.9. The molecule has 9 rings (SSSR count). The topological polar surface area (TPSA) is 63.9 Å². The average Bonchev–Trinajstić information content (AvgIpc) is 3.51. The molecule has 3 N–H and O–H groups in total. The van der Waals surface area contributed by atoms with E-state index in [0.717, 1.165) is 56.6 Å². The molecule has 3 heterocycles. The van der Waals surface area contributed by atoms with E-state index in [0.29, 0.717) is 53.3 Å². The molecule has 0 spiro atoms. The van der Waals surface area contributed by atoms with E-state index in [1.165, 1.54) is 56.2 Å². The zero-order chi connectivity index (χ0) is 34.9. The van der Waals surface area contributed by atoms with Crippen LogP contribution in [0, 0.1) is 58.7 Å². The van der Waals surface area contributed by atoms with Crippen LogP contribution < -0.4 is 0 Å². The first-order valence-electron chi connectivity index (χ1n) is 20.9. The molecular formula is C45H63NO3S2. The summed E-state index contributed by atoms with van der Waals surface area (Å²) >= 11 is 0. The number of hydrogen-bond donors (Lipinski definition) is 3. The predicted molar refractivity (Wildman–Crippen MR) is 211 cm³/mol. The van der Waals surface area contributed by atoms with Crippen LogP contribution in [0.3, 0.4) is 0 Å². The smallest absolute Gasteiger partial charge is 0.0808 e. The Labute approximate surface area is 315 Å². The summed E-state index contributed by atoms with van der Waals surface area (Å²) in [5.41, 5.74) is 4.05. The number of fused-ring (bicyclic) bond motifs is 12. The minimum Gasteiger partial charge on any atom is -0.393 e. The molecule has 6 fully saturated rings. The Morgan fingerprint density at radius 3 is 2.43 bits per heavy atom. The van der Waals surface area contributed by atoms with E-state index in [4.69, 9.17) is 0 Å². The first kappa shape index (κ1) is 35.7. The normalized spacial score (nSPS) is 46.9. The first-order valence-corrected chi connectivity index (χ1v) is 23.4. The molecule has 2 aromatic carbocycles. The molecule has 51 heavy (non-hydrogen) atoms. The summed E-state index contributed by atoms with van der Waals surface area (Å²) < 4.78 is 0. The van der Waals surface area contributed by atoms with Gasteiger partial charge in [0.2, 0.25) is 0 Å². The molecule has 2 saturated heterocycles. The monoisotopic (exact) mass is 729 g/mol. The Morgan fingerprint density at radius 1 is 0.745 bits per heavy atom. The lowest BCUT2D eigenvalue weighted by Gasteiger charge is -2.62. The van der Waals surface area contributed by atoms with Crippen LogP contribution in [-0.2, 0) is 12.2 Å². The zero-order valence-corrected chi connectivity index (χ0v) is 32.8. The van der Waals surface area contributed by atoms with Gasteiger partial charge in [-0.05, 0) is 165 Å². The third-order valence-electron chi connectivity index (χ3n) is 16.6. The standard InChI is InChI=1S/C45H63NO3S2/c1-44-19-18-33(47)21-41(44)42(48)23-37-35-16-17-39-38(36(35)22-40(37)44)25-46-24-29-13-15-30(14-12-28-8-4-3-5-9-28)34-11-7-6-10-31(34)26-50-51-27-32(20-29)43(46)45(39,2)49/h3-11,29-30,32-33,35-43,47-49H,12-27H2,1-2H3. The second kappa shape index (κ2) is 14.2. The molecule has 3 aliphatic heterocycles. The Bertz CT molecular complexity index is 1520. The van der Waals surface area contributed by atoms with Crippen LogP contribution in [0.25, 0.3) is 0 Å². The third-order valence-corrected chi connectivity index (χ3v) is 19.0. The van der Waals surface area contributed by atoms with Gasteiger partial charge in [0, 0.05) is 30.6 Å². The summed E-state index contributed by atoms with van der Waals surface area (Å²) in [6, 6.07) is 20.7. The van der Waals surface area contributed by atoms with Crippen molar-refractivity contribution in [1.82, 2.24) is 4.90 Å². The SMILES string of the molecule is CC1(O)C2CCC3C(CC4C3CC(O)C3CC(O)CCC34C)C2CN2CC3CCC(CCc4ccccc4)c4ccccc4CSSCC(C3)C21. The number of aliphatic hydroxyl groups excluding tert-OH is 2. The van der Waals surface area contributed by atoms with Crippen LogP contribution in [-0.4, -0.2) is 62.9 Å². The van der Waals surface area contributed by atoms with E-state index < -0.39 is 5.60 Å². The zero-order valence-electron chi connectivity index (χ0n) is 31.1. The molecule has 15 unspecified atom stereocenters. The number of nitrogens with zero attached hydrogens (tertiary/aromatic N) is 1. The molecule has 4 saturated carbocycles. The molecule has 4 nitrogen and oxygen atoms in total. The summed E-state index contributed by atoms with van der Waals surface area (Å²) in [4.78, 5) is 2.85. The summed E-state index contributed by atoms with van der Waals surface area (Å²) in [5.74, 6) is 7.79. The maximum Gasteiger partial charge on any atom is 0.0808 e. The second-order valence-corrected chi connectivity index (χ2v) is 21.6. The van der Waals surface area contributed by atoms with E-state index >= 15 is 0 Å². The van der Waals surface area contributed by atoms with E-state index in [9.17, 15) is 15.3 Å². The highest BCUT2D eigenvalue weighted by Gasteiger charge is 2.65. The fraction of sp³-hybridized carbons (Fsp3) is 0.733. The predicted octanol–water partition coefficient (Wildman–Crippen LogP) is 8.98. The van der Waals surface area contributed by atoms with Gasteiger partial charge in [-0.3, -0.25) is 4.90 Å². The molecule has 278 valence electrons. The van der Waals surface area contributed by atoms with Crippen molar-refractivity contribution in [3.63, 3.8) is 0 Å². The Balaban J connectivity index is 0.965. The third kappa shape index (κ3) is 6.40. The molecule has 4 aliphatic carbocycles. The molecular weight excluding hydrogens is 667 g/mol. The van der Waals surface area contributed by atoms with Crippen LogP contribution >= 0.6 is 21.6 Å². The average molecular weight is 730 g/mol. The van der Waals surface area contributed by atoms with Crippen molar-refractivity contribution in [3.8, 4) is 0 Å². The van der Waals surface area contributed by atoms with Gasteiger partial charge in [0.25, 0.3) is 0 Å². The highest BCUT2D eigenvalue weighted by Crippen LogP contribution is 2.67. The van der Waals surface area contributed by atoms with Crippen LogP contribution in [0.15, 0.2) is 54.6 Å². The van der Waals surface area contributed by atoms with Crippen LogP contribution in [0.4, 0.5) is 0 Å². The van der Waals surface area contributed by atoms with E-state index in [1.807, 2.05) is 10.8 Å². The van der Waals surface area contributed by atoms with E-state index in [1.54, 1.807) is 5.56 Å². The van der Waals surface area contributed by atoms with Gasteiger partial charge >= 0.3 is 0 Å². The maximum absolute atomic E-state index is 12.9. The summed E-state index contributed by atoms with van der Waals surface area (Å²) in [7, 11) is 4.12. The van der Waals surface area contributed by atoms with Gasteiger partial charge in [-0.15, -0.1) is 0 Å². The molecule has 0 amide bonds. The Hall–Kier alpha value is -1.02. The summed E-state index contributed by atoms with van der Waals surface area (Å²) in [5, 5.41) is 35.0. The number of hydrogen-bond acceptors (Lipinski definition) is 6. The molecule has 7 aliphatic rings. The van der Waals surface area contributed by atoms with Crippen LogP contribution in [0.1, 0.15) is 107 Å². The van der Waals surface area contributed by atoms with E-state index in [-0.39, 0.29) is 29.6 Å². The molecule has 2 aromatic rings. The minimum absolute atomic E-state index is 0.144. The number of benzene rings is 2. The van der Waals surface area contributed by atoms with Gasteiger partial charge in [-0.2, -0.15) is 0 Å². The first-order chi connectivity index (χ1) is 24.7. The highest BCUT2D eigenvalue weighted by molar-refractivity contribution is 8.76. The molecule has 6 heteroatoms. The number of piperidine rings is 2. The van der Waals surface area contributed by atoms with Crippen molar-refractivity contribution in [3.05, 3.63) is 71.3 Å². The summed E-state index contributed by atoms with van der Waals surface area (Å²) in [6.45, 7) is 7.06. The second-order valence-electron chi connectivity index (χ2n) is 19.1. The lowest BCUT2D eigenvalue weighted by Crippen LogP contribution is -2.70. The van der Waals surface area contributed by atoms with Crippen molar-refractivity contribution < 1.29 is 15.3 Å². The van der Waals surface area contributed by atoms with Crippen molar-refractivity contribution in [2.75, 3.05) is 18.8 Å². The van der Waals surface area contributed by atoms with Crippen molar-refractivity contribution in [2.24, 2.45) is 58.7 Å². The van der Waals surface area contributed by atoms with Gasteiger partial charge < -0.3 is 15.3 Å². The Kier molecular flexibility index (Phi) is 9.96. The largest absolute Gasteiger partial charge is 0.393 e. The molecule has 0 aromatic heterocycles. The molecule has 2 bridgehead atoms. The summed E-state index contributed by atoms with van der Waals surface area (Å²) in [6.07, 6.45) is 13.0. The van der Waals surface area contributed by atoms with Crippen molar-refractivity contribution >= 4 is 21.6 Å². The van der Waals surface area contributed by atoms with Gasteiger partial charge in [0.15, 0.2) is 0 Å². The lowest BCUT2D eigenvalue weighted by molar-refractivity contribution is -0.190. The lowest BCUT2D eigenvalue weighted by atomic mass is 9.51. The quantitative estimate of drug-likeness (QED) is 0.274. The number of aliphatic hydroxyl groups is 3. The highest BCUT2D eigenvalue weighted by atomic mass is 33.1. The van der Waals surface area contributed by atoms with Gasteiger partial charge in [-0.1, -0.05) is 83.1 Å². The molecule has 0 radical (unpaired) electrons. The fourth-order valence-electron chi connectivity index (χ4n) is 14.4. The van der Waals surface area contributed by atoms with Crippen molar-refractivity contribution in [1.29, 1.82) is 0 Å². The van der Waals surface area contributed by atoms with Crippen LogP contribution in [0.5, 0.6) is 0 Å². The van der Waals surface area contributed by atoms with E-state index in [2.05, 4.69) is 84.1 Å². The van der Waals surface area contributed by atoms with Gasteiger partial charge in [0.1, 0.15) is 0 Å². The molecule has 15 atom stereocenters. The van der Waals surface area contributed by atoms with Gasteiger partial charge in [-0.25, -0.2) is 0 Å². The Morgan fingerprint density at radius 2 is 1.57 bits per heavy atom. The minimum atomic E-state index is -0.661. The van der Waals surface area contributed by atoms with Crippen LogP contribution in [0.2, 0.25) is 0 Å². The van der Waals surface area contributed by atoms with Crippen molar-refractivity contribution in [2.45, 2.75) is 126 Å². The number of rotatable bonds is 3.